The van der Waals surface area contributed by atoms with Gasteiger partial charge in [0.25, 0.3) is 0 Å². The Bertz CT molecular complexity index is 858. The monoisotopic (exact) mass is 413 g/mol. The van der Waals surface area contributed by atoms with Crippen LogP contribution in [0.3, 0.4) is 0 Å². The van der Waals surface area contributed by atoms with Gasteiger partial charge in [0.1, 0.15) is 17.2 Å². The van der Waals surface area contributed by atoms with Gasteiger partial charge in [-0.3, -0.25) is 0 Å². The Kier molecular flexibility index (Phi) is 7.27. The van der Waals surface area contributed by atoms with Gasteiger partial charge in [0.05, 0.1) is 27.4 Å². The van der Waals surface area contributed by atoms with Gasteiger partial charge in [-0.05, 0) is 49.6 Å². The van der Waals surface area contributed by atoms with Crippen molar-refractivity contribution >= 4 is 11.7 Å². The zero-order valence-corrected chi connectivity index (χ0v) is 18.1. The zero-order chi connectivity index (χ0) is 21.5. The first-order valence-corrected chi connectivity index (χ1v) is 10.2. The molecule has 2 aromatic rings. The van der Waals surface area contributed by atoms with Gasteiger partial charge in [-0.1, -0.05) is 6.07 Å². The summed E-state index contributed by atoms with van der Waals surface area (Å²) >= 11 is 0. The van der Waals surface area contributed by atoms with Crippen molar-refractivity contribution in [1.29, 1.82) is 0 Å². The number of methoxy groups -OCH3 is 3. The maximum atomic E-state index is 12.4. The smallest absolute Gasteiger partial charge is 0.315 e. The number of carbonyl (C=O) groups is 1. The van der Waals surface area contributed by atoms with Crippen LogP contribution in [-0.2, 0) is 0 Å². The fourth-order valence-corrected chi connectivity index (χ4v) is 3.78. The molecule has 1 aliphatic rings. The second-order valence-corrected chi connectivity index (χ2v) is 7.49. The van der Waals surface area contributed by atoms with E-state index in [1.54, 1.807) is 21.3 Å². The average molecular weight is 414 g/mol. The van der Waals surface area contributed by atoms with Crippen molar-refractivity contribution in [2.75, 3.05) is 45.9 Å². The summed E-state index contributed by atoms with van der Waals surface area (Å²) in [5.41, 5.74) is 2.03. The number of carbonyl (C=O) groups excluding carboxylic acids is 1. The summed E-state index contributed by atoms with van der Waals surface area (Å²) in [4.78, 5) is 14.8. The van der Waals surface area contributed by atoms with Crippen LogP contribution in [0.5, 0.6) is 17.2 Å². The van der Waals surface area contributed by atoms with Crippen LogP contribution in [0.4, 0.5) is 10.5 Å². The van der Waals surface area contributed by atoms with E-state index in [0.29, 0.717) is 18.2 Å². The Morgan fingerprint density at radius 2 is 1.87 bits per heavy atom. The van der Waals surface area contributed by atoms with Crippen LogP contribution in [0.15, 0.2) is 42.5 Å². The number of hydrogen-bond donors (Lipinski definition) is 2. The van der Waals surface area contributed by atoms with E-state index < -0.39 is 0 Å². The highest BCUT2D eigenvalue weighted by Gasteiger charge is 2.24. The van der Waals surface area contributed by atoms with Crippen LogP contribution in [0, 0.1) is 5.92 Å². The quantitative estimate of drug-likeness (QED) is 0.692. The molecule has 0 aliphatic carbocycles. The van der Waals surface area contributed by atoms with Gasteiger partial charge >= 0.3 is 6.03 Å². The number of hydrogen-bond acceptors (Lipinski definition) is 5. The molecule has 0 aromatic heterocycles. The van der Waals surface area contributed by atoms with E-state index >= 15 is 0 Å². The Morgan fingerprint density at radius 1 is 1.10 bits per heavy atom. The van der Waals surface area contributed by atoms with Crippen molar-refractivity contribution in [2.24, 2.45) is 5.92 Å². The Morgan fingerprint density at radius 3 is 2.60 bits per heavy atom. The van der Waals surface area contributed by atoms with E-state index in [2.05, 4.69) is 21.6 Å². The number of ether oxygens (including phenoxy) is 3. The van der Waals surface area contributed by atoms with Gasteiger partial charge in [-0.25, -0.2) is 4.79 Å². The molecule has 0 bridgehead atoms. The predicted octanol–water partition coefficient (Wildman–Crippen LogP) is 3.60. The van der Waals surface area contributed by atoms with Crippen molar-refractivity contribution in [3.63, 3.8) is 0 Å². The Balaban J connectivity index is 1.50. The molecule has 1 saturated heterocycles. The average Bonchev–Trinajstić information content (AvgIpc) is 3.26. The van der Waals surface area contributed by atoms with Crippen LogP contribution < -0.4 is 29.7 Å². The number of anilines is 1. The fraction of sp³-hybridized carbons (Fsp3) is 0.435. The van der Waals surface area contributed by atoms with Gasteiger partial charge in [-0.2, -0.15) is 0 Å². The topological polar surface area (TPSA) is 72.1 Å². The van der Waals surface area contributed by atoms with Crippen LogP contribution in [0.25, 0.3) is 0 Å². The highest BCUT2D eigenvalue weighted by molar-refractivity contribution is 5.74. The lowest BCUT2D eigenvalue weighted by molar-refractivity contribution is 0.236. The number of urea groups is 1. The van der Waals surface area contributed by atoms with Gasteiger partial charge in [0.15, 0.2) is 0 Å². The van der Waals surface area contributed by atoms with Gasteiger partial charge < -0.3 is 29.7 Å². The SMILES string of the molecule is COc1cccc(N2CCC(CNC(=O)NC(C)c3cc(OC)ccc3OC)C2)c1. The first-order chi connectivity index (χ1) is 14.5. The van der Waals surface area contributed by atoms with Crippen LogP contribution >= 0.6 is 0 Å². The van der Waals surface area contributed by atoms with Crippen molar-refractivity contribution in [2.45, 2.75) is 19.4 Å². The summed E-state index contributed by atoms with van der Waals surface area (Å²) in [5, 5.41) is 6.00. The second kappa shape index (κ2) is 10.1. The molecule has 2 amide bonds. The number of nitrogens with one attached hydrogen (secondary N) is 2. The van der Waals surface area contributed by atoms with Crippen molar-refractivity contribution in [3.8, 4) is 17.2 Å². The normalized spacial score (nSPS) is 16.7. The van der Waals surface area contributed by atoms with Gasteiger partial charge in [0, 0.05) is 37.0 Å². The van der Waals surface area contributed by atoms with E-state index in [0.717, 1.165) is 42.3 Å². The third-order valence-corrected chi connectivity index (χ3v) is 5.51. The number of nitrogens with zero attached hydrogens (tertiary/aromatic N) is 1. The molecule has 7 heteroatoms. The molecule has 1 heterocycles. The molecule has 30 heavy (non-hydrogen) atoms. The number of amides is 2. The van der Waals surface area contributed by atoms with E-state index in [9.17, 15) is 4.79 Å². The zero-order valence-electron chi connectivity index (χ0n) is 18.1. The minimum atomic E-state index is -0.216. The summed E-state index contributed by atoms with van der Waals surface area (Å²) in [7, 11) is 4.91. The van der Waals surface area contributed by atoms with Crippen LogP contribution in [0.1, 0.15) is 24.9 Å². The number of rotatable bonds is 8. The molecule has 1 fully saturated rings. The largest absolute Gasteiger partial charge is 0.497 e. The standard InChI is InChI=1S/C23H31N3O4/c1-16(21-13-20(29-3)8-9-22(21)30-4)25-23(27)24-14-17-10-11-26(15-17)18-6-5-7-19(12-18)28-2/h5-9,12-13,16-17H,10-11,14-15H2,1-4H3,(H2,24,25,27). The summed E-state index contributed by atoms with van der Waals surface area (Å²) in [6.07, 6.45) is 1.04. The lowest BCUT2D eigenvalue weighted by Crippen LogP contribution is -2.40. The molecule has 3 rings (SSSR count). The molecule has 162 valence electrons. The molecule has 2 N–H and O–H groups in total. The molecular weight excluding hydrogens is 382 g/mol. The third kappa shape index (κ3) is 5.28. The van der Waals surface area contributed by atoms with Crippen LogP contribution in [-0.4, -0.2) is 47.0 Å². The Labute approximate surface area is 178 Å². The van der Waals surface area contributed by atoms with E-state index in [1.807, 2.05) is 43.3 Å². The van der Waals surface area contributed by atoms with Crippen molar-refractivity contribution < 1.29 is 19.0 Å². The molecule has 2 atom stereocenters. The maximum absolute atomic E-state index is 12.4. The first kappa shape index (κ1) is 21.6. The summed E-state index contributed by atoms with van der Waals surface area (Å²) < 4.78 is 16.0. The summed E-state index contributed by atoms with van der Waals surface area (Å²) in [6.45, 7) is 4.44. The second-order valence-electron chi connectivity index (χ2n) is 7.49. The third-order valence-electron chi connectivity index (χ3n) is 5.51. The molecule has 7 nitrogen and oxygen atoms in total. The van der Waals surface area contributed by atoms with Crippen molar-refractivity contribution in [3.05, 3.63) is 48.0 Å². The van der Waals surface area contributed by atoms with Crippen LogP contribution in [0.2, 0.25) is 0 Å². The molecule has 2 unspecified atom stereocenters. The minimum absolute atomic E-state index is 0.188. The molecule has 0 saturated carbocycles. The highest BCUT2D eigenvalue weighted by Crippen LogP contribution is 2.29. The fourth-order valence-electron chi connectivity index (χ4n) is 3.78. The van der Waals surface area contributed by atoms with Crippen molar-refractivity contribution in [1.82, 2.24) is 10.6 Å². The van der Waals surface area contributed by atoms with Gasteiger partial charge in [0.2, 0.25) is 0 Å². The molecule has 0 spiro atoms. The van der Waals surface area contributed by atoms with Gasteiger partial charge in [-0.15, -0.1) is 0 Å². The van der Waals surface area contributed by atoms with E-state index in [1.165, 1.54) is 0 Å². The lowest BCUT2D eigenvalue weighted by atomic mass is 10.1. The molecular formula is C23H31N3O4. The molecule has 1 aliphatic heterocycles. The van der Waals surface area contributed by atoms with E-state index in [-0.39, 0.29) is 12.1 Å². The number of benzene rings is 2. The van der Waals surface area contributed by atoms with E-state index in [4.69, 9.17) is 14.2 Å². The highest BCUT2D eigenvalue weighted by atomic mass is 16.5. The minimum Gasteiger partial charge on any atom is -0.497 e. The summed E-state index contributed by atoms with van der Waals surface area (Å²) in [6, 6.07) is 13.2. The lowest BCUT2D eigenvalue weighted by Gasteiger charge is -2.20. The molecule has 2 aromatic carbocycles. The molecule has 0 radical (unpaired) electrons. The maximum Gasteiger partial charge on any atom is 0.315 e. The first-order valence-electron chi connectivity index (χ1n) is 10.2. The predicted molar refractivity (Wildman–Crippen MR) is 118 cm³/mol. The summed E-state index contributed by atoms with van der Waals surface area (Å²) in [5.74, 6) is 2.70. The Hall–Kier alpha value is -3.09.